The Labute approximate surface area is 102 Å². The molecule has 0 aliphatic heterocycles. The molecule has 0 bridgehead atoms. The van der Waals surface area contributed by atoms with Gasteiger partial charge < -0.3 is 5.32 Å². The number of hydrogen-bond donors (Lipinski definition) is 1. The molecule has 1 aromatic carbocycles. The predicted molar refractivity (Wildman–Crippen MR) is 67.7 cm³/mol. The summed E-state index contributed by atoms with van der Waals surface area (Å²) in [5.41, 5.74) is 1.27. The Morgan fingerprint density at radius 1 is 1.00 bits per heavy atom. The molecule has 0 saturated heterocycles. The molecule has 1 N–H and O–H groups in total. The van der Waals surface area contributed by atoms with Crippen molar-refractivity contribution in [3.05, 3.63) is 34.9 Å². The van der Waals surface area contributed by atoms with E-state index in [0.717, 1.165) is 30.4 Å². The summed E-state index contributed by atoms with van der Waals surface area (Å²) >= 11 is 11.4. The molecule has 0 aromatic heterocycles. The summed E-state index contributed by atoms with van der Waals surface area (Å²) in [4.78, 5) is 0. The first-order valence-corrected chi connectivity index (χ1v) is 6.25. The second-order valence-corrected chi connectivity index (χ2v) is 4.37. The van der Waals surface area contributed by atoms with Gasteiger partial charge in [-0.3, -0.25) is 0 Å². The van der Waals surface area contributed by atoms with E-state index in [0.29, 0.717) is 0 Å². The van der Waals surface area contributed by atoms with Crippen molar-refractivity contribution in [1.82, 2.24) is 5.32 Å². The van der Waals surface area contributed by atoms with Gasteiger partial charge in [0.1, 0.15) is 0 Å². The highest BCUT2D eigenvalue weighted by Gasteiger charge is 1.93. The second-order valence-electron chi connectivity index (χ2n) is 3.55. The Morgan fingerprint density at radius 3 is 2.40 bits per heavy atom. The number of halogens is 2. The molecular weight excluding hydrogens is 229 g/mol. The molecule has 1 nitrogen and oxygen atoms in total. The van der Waals surface area contributed by atoms with Crippen LogP contribution in [-0.2, 0) is 6.54 Å². The van der Waals surface area contributed by atoms with Crippen LogP contribution in [0.1, 0.15) is 24.8 Å². The van der Waals surface area contributed by atoms with Gasteiger partial charge in [0.15, 0.2) is 0 Å². The van der Waals surface area contributed by atoms with E-state index in [1.165, 1.54) is 18.4 Å². The van der Waals surface area contributed by atoms with E-state index in [9.17, 15) is 0 Å². The third-order valence-corrected chi connectivity index (χ3v) is 2.75. The molecule has 0 heterocycles. The lowest BCUT2D eigenvalue weighted by Crippen LogP contribution is -2.14. The standard InChI is InChI=1S/C12H17Cl2N/c13-8-2-1-3-9-15-10-11-4-6-12(14)7-5-11/h4-7,15H,1-3,8-10H2. The van der Waals surface area contributed by atoms with E-state index < -0.39 is 0 Å². The lowest BCUT2D eigenvalue weighted by atomic mass is 10.2. The van der Waals surface area contributed by atoms with Gasteiger partial charge >= 0.3 is 0 Å². The predicted octanol–water partition coefficient (Wildman–Crippen LogP) is 3.84. The van der Waals surface area contributed by atoms with Crippen LogP contribution >= 0.6 is 23.2 Å². The summed E-state index contributed by atoms with van der Waals surface area (Å²) in [6.07, 6.45) is 3.52. The fraction of sp³-hybridized carbons (Fsp3) is 0.500. The minimum absolute atomic E-state index is 0.775. The molecule has 15 heavy (non-hydrogen) atoms. The first-order chi connectivity index (χ1) is 7.33. The van der Waals surface area contributed by atoms with Crippen molar-refractivity contribution in [2.45, 2.75) is 25.8 Å². The average Bonchev–Trinajstić information content (AvgIpc) is 2.26. The number of unbranched alkanes of at least 4 members (excludes halogenated alkanes) is 2. The maximum absolute atomic E-state index is 5.80. The molecule has 0 unspecified atom stereocenters. The van der Waals surface area contributed by atoms with Gasteiger partial charge in [-0.25, -0.2) is 0 Å². The van der Waals surface area contributed by atoms with Crippen LogP contribution in [0.25, 0.3) is 0 Å². The number of hydrogen-bond acceptors (Lipinski definition) is 1. The molecule has 3 heteroatoms. The zero-order valence-electron chi connectivity index (χ0n) is 8.81. The highest BCUT2D eigenvalue weighted by molar-refractivity contribution is 6.30. The number of alkyl halides is 1. The van der Waals surface area contributed by atoms with Crippen LogP contribution in [-0.4, -0.2) is 12.4 Å². The van der Waals surface area contributed by atoms with E-state index in [1.807, 2.05) is 24.3 Å². The van der Waals surface area contributed by atoms with Crippen LogP contribution < -0.4 is 5.32 Å². The Bertz CT molecular complexity index is 259. The van der Waals surface area contributed by atoms with Crippen molar-refractivity contribution in [2.75, 3.05) is 12.4 Å². The quantitative estimate of drug-likeness (QED) is 0.569. The van der Waals surface area contributed by atoms with Gasteiger partial charge in [0, 0.05) is 17.4 Å². The molecule has 0 amide bonds. The summed E-state index contributed by atoms with van der Waals surface area (Å²) in [6, 6.07) is 7.94. The minimum Gasteiger partial charge on any atom is -0.313 e. The third kappa shape index (κ3) is 6.03. The summed E-state index contributed by atoms with van der Waals surface area (Å²) < 4.78 is 0. The Hall–Kier alpha value is -0.240. The van der Waals surface area contributed by atoms with Crippen LogP contribution in [0.2, 0.25) is 5.02 Å². The number of rotatable bonds is 7. The van der Waals surface area contributed by atoms with Crippen LogP contribution in [0.5, 0.6) is 0 Å². The number of benzene rings is 1. The van der Waals surface area contributed by atoms with E-state index in [1.54, 1.807) is 0 Å². The molecular formula is C12H17Cl2N. The van der Waals surface area contributed by atoms with Gasteiger partial charge in [-0.05, 0) is 37.1 Å². The first-order valence-electron chi connectivity index (χ1n) is 5.34. The largest absolute Gasteiger partial charge is 0.313 e. The molecule has 1 rings (SSSR count). The molecule has 1 aromatic rings. The second kappa shape index (κ2) is 7.98. The molecule has 0 aliphatic rings. The normalized spacial score (nSPS) is 10.5. The summed E-state index contributed by atoms with van der Waals surface area (Å²) in [7, 11) is 0. The fourth-order valence-corrected chi connectivity index (χ4v) is 1.67. The van der Waals surface area contributed by atoms with Crippen LogP contribution in [0, 0.1) is 0 Å². The smallest absolute Gasteiger partial charge is 0.0406 e. The van der Waals surface area contributed by atoms with E-state index in [-0.39, 0.29) is 0 Å². The zero-order chi connectivity index (χ0) is 10.9. The fourth-order valence-electron chi connectivity index (χ4n) is 1.36. The molecule has 0 spiro atoms. The molecule has 0 saturated carbocycles. The van der Waals surface area contributed by atoms with Crippen molar-refractivity contribution in [3.8, 4) is 0 Å². The maximum Gasteiger partial charge on any atom is 0.0406 e. The van der Waals surface area contributed by atoms with Gasteiger partial charge in [0.05, 0.1) is 0 Å². The number of nitrogens with one attached hydrogen (secondary N) is 1. The average molecular weight is 246 g/mol. The molecule has 0 radical (unpaired) electrons. The first kappa shape index (κ1) is 12.8. The van der Waals surface area contributed by atoms with Crippen LogP contribution in [0.15, 0.2) is 24.3 Å². The SMILES string of the molecule is ClCCCCCNCc1ccc(Cl)cc1. The highest BCUT2D eigenvalue weighted by Crippen LogP contribution is 2.09. The van der Waals surface area contributed by atoms with E-state index in [4.69, 9.17) is 23.2 Å². The van der Waals surface area contributed by atoms with Crippen molar-refractivity contribution in [1.29, 1.82) is 0 Å². The molecule has 84 valence electrons. The van der Waals surface area contributed by atoms with E-state index >= 15 is 0 Å². The van der Waals surface area contributed by atoms with Crippen LogP contribution in [0.4, 0.5) is 0 Å². The topological polar surface area (TPSA) is 12.0 Å². The highest BCUT2D eigenvalue weighted by atomic mass is 35.5. The van der Waals surface area contributed by atoms with Gasteiger partial charge in [0.25, 0.3) is 0 Å². The van der Waals surface area contributed by atoms with Crippen molar-refractivity contribution in [3.63, 3.8) is 0 Å². The van der Waals surface area contributed by atoms with Crippen molar-refractivity contribution >= 4 is 23.2 Å². The zero-order valence-corrected chi connectivity index (χ0v) is 10.3. The van der Waals surface area contributed by atoms with E-state index in [2.05, 4.69) is 5.32 Å². The summed E-state index contributed by atoms with van der Waals surface area (Å²) in [6.45, 7) is 1.97. The minimum atomic E-state index is 0.775. The van der Waals surface area contributed by atoms with Gasteiger partial charge in [-0.1, -0.05) is 30.2 Å². The monoisotopic (exact) mass is 245 g/mol. The molecule has 0 aliphatic carbocycles. The lowest BCUT2D eigenvalue weighted by molar-refractivity contribution is 0.618. The third-order valence-electron chi connectivity index (χ3n) is 2.23. The van der Waals surface area contributed by atoms with Gasteiger partial charge in [-0.2, -0.15) is 0 Å². The van der Waals surface area contributed by atoms with Gasteiger partial charge in [0.2, 0.25) is 0 Å². The van der Waals surface area contributed by atoms with Gasteiger partial charge in [-0.15, -0.1) is 11.6 Å². The maximum atomic E-state index is 5.80. The Morgan fingerprint density at radius 2 is 1.73 bits per heavy atom. The lowest BCUT2D eigenvalue weighted by Gasteiger charge is -2.04. The molecule has 0 fully saturated rings. The van der Waals surface area contributed by atoms with Crippen molar-refractivity contribution in [2.24, 2.45) is 0 Å². The molecule has 0 atom stereocenters. The Kier molecular flexibility index (Phi) is 6.82. The summed E-state index contributed by atoms with van der Waals surface area (Å²) in [5.74, 6) is 0.775. The van der Waals surface area contributed by atoms with Crippen molar-refractivity contribution < 1.29 is 0 Å². The summed E-state index contributed by atoms with van der Waals surface area (Å²) in [5, 5.41) is 4.19. The Balaban J connectivity index is 2.07. The van der Waals surface area contributed by atoms with Crippen LogP contribution in [0.3, 0.4) is 0 Å².